The molecule has 1 aliphatic carbocycles. The molecule has 0 amide bonds. The van der Waals surface area contributed by atoms with Crippen LogP contribution in [0.1, 0.15) is 60.7 Å². The lowest BCUT2D eigenvalue weighted by Gasteiger charge is -2.29. The SMILES string of the molecule is O=c1[nH]c(C2CCCCC2)nc2c1CN(Cc1cnccc1Cl)CC2. The highest BCUT2D eigenvalue weighted by atomic mass is 35.5. The van der Waals surface area contributed by atoms with Crippen molar-refractivity contribution in [2.45, 2.75) is 57.5 Å². The summed E-state index contributed by atoms with van der Waals surface area (Å²) in [7, 11) is 0. The molecule has 0 spiro atoms. The molecule has 0 radical (unpaired) electrons. The van der Waals surface area contributed by atoms with Gasteiger partial charge >= 0.3 is 0 Å². The van der Waals surface area contributed by atoms with Crippen molar-refractivity contribution in [3.05, 3.63) is 56.5 Å². The minimum atomic E-state index is 0.0348. The van der Waals surface area contributed by atoms with Gasteiger partial charge in [0.05, 0.1) is 11.3 Å². The average molecular weight is 359 g/mol. The van der Waals surface area contributed by atoms with Crippen LogP contribution in [-0.2, 0) is 19.5 Å². The van der Waals surface area contributed by atoms with E-state index in [4.69, 9.17) is 16.6 Å². The lowest BCUT2D eigenvalue weighted by atomic mass is 9.88. The lowest BCUT2D eigenvalue weighted by Crippen LogP contribution is -2.36. The molecule has 2 aromatic heterocycles. The first-order chi connectivity index (χ1) is 12.2. The van der Waals surface area contributed by atoms with Crippen LogP contribution in [0.15, 0.2) is 23.3 Å². The van der Waals surface area contributed by atoms with Crippen molar-refractivity contribution in [1.82, 2.24) is 19.9 Å². The van der Waals surface area contributed by atoms with Gasteiger partial charge in [0.25, 0.3) is 5.56 Å². The second kappa shape index (κ2) is 7.26. The quantitative estimate of drug-likeness (QED) is 0.913. The fraction of sp³-hybridized carbons (Fsp3) is 0.526. The second-order valence-electron chi connectivity index (χ2n) is 7.14. The second-order valence-corrected chi connectivity index (χ2v) is 7.55. The molecule has 2 aromatic rings. The Hall–Kier alpha value is -1.72. The molecule has 0 atom stereocenters. The third kappa shape index (κ3) is 3.62. The van der Waals surface area contributed by atoms with Crippen LogP contribution in [-0.4, -0.2) is 26.4 Å². The summed E-state index contributed by atoms with van der Waals surface area (Å²) in [5.74, 6) is 1.34. The molecule has 1 fully saturated rings. The molecule has 25 heavy (non-hydrogen) atoms. The highest BCUT2D eigenvalue weighted by Crippen LogP contribution is 2.31. The van der Waals surface area contributed by atoms with Crippen molar-refractivity contribution in [1.29, 1.82) is 0 Å². The van der Waals surface area contributed by atoms with Gasteiger partial charge in [0.15, 0.2) is 0 Å². The predicted molar refractivity (Wildman–Crippen MR) is 97.7 cm³/mol. The Morgan fingerprint density at radius 3 is 2.92 bits per heavy atom. The molecular formula is C19H23ClN4O. The maximum atomic E-state index is 12.6. The number of fused-ring (bicyclic) bond motifs is 1. The van der Waals surface area contributed by atoms with Gasteiger partial charge in [0.2, 0.25) is 0 Å². The molecule has 0 bridgehead atoms. The van der Waals surface area contributed by atoms with Crippen molar-refractivity contribution >= 4 is 11.6 Å². The van der Waals surface area contributed by atoms with E-state index >= 15 is 0 Å². The van der Waals surface area contributed by atoms with E-state index in [-0.39, 0.29) is 5.56 Å². The van der Waals surface area contributed by atoms with Gasteiger partial charge in [-0.25, -0.2) is 4.98 Å². The summed E-state index contributed by atoms with van der Waals surface area (Å²) in [6, 6.07) is 1.81. The molecule has 0 aromatic carbocycles. The normalized spacial score (nSPS) is 18.9. The minimum absolute atomic E-state index is 0.0348. The summed E-state index contributed by atoms with van der Waals surface area (Å²) in [4.78, 5) is 26.9. The van der Waals surface area contributed by atoms with E-state index in [2.05, 4.69) is 14.9 Å². The van der Waals surface area contributed by atoms with Crippen molar-refractivity contribution < 1.29 is 0 Å². The molecule has 3 heterocycles. The van der Waals surface area contributed by atoms with Crippen molar-refractivity contribution in [2.75, 3.05) is 6.54 Å². The Bertz CT molecular complexity index is 813. The van der Waals surface area contributed by atoms with Crippen LogP contribution >= 0.6 is 11.6 Å². The Kier molecular flexibility index (Phi) is 4.86. The number of hydrogen-bond donors (Lipinski definition) is 1. The van der Waals surface area contributed by atoms with Crippen LogP contribution in [0.4, 0.5) is 0 Å². The monoisotopic (exact) mass is 358 g/mol. The van der Waals surface area contributed by atoms with E-state index < -0.39 is 0 Å². The van der Waals surface area contributed by atoms with Gasteiger partial charge < -0.3 is 4.98 Å². The molecule has 2 aliphatic rings. The van der Waals surface area contributed by atoms with Gasteiger partial charge in [-0.05, 0) is 18.9 Å². The van der Waals surface area contributed by atoms with Crippen molar-refractivity contribution in [3.8, 4) is 0 Å². The number of halogens is 1. The fourth-order valence-corrected chi connectivity index (χ4v) is 4.14. The lowest BCUT2D eigenvalue weighted by molar-refractivity contribution is 0.240. The molecule has 5 nitrogen and oxygen atoms in total. The van der Waals surface area contributed by atoms with Crippen LogP contribution in [0.2, 0.25) is 5.02 Å². The van der Waals surface area contributed by atoms with Crippen molar-refractivity contribution in [2.24, 2.45) is 0 Å². The summed E-state index contributed by atoms with van der Waals surface area (Å²) in [5.41, 5.74) is 2.83. The molecule has 6 heteroatoms. The van der Waals surface area contributed by atoms with Gasteiger partial charge in [-0.1, -0.05) is 30.9 Å². The first-order valence-electron chi connectivity index (χ1n) is 9.13. The summed E-state index contributed by atoms with van der Waals surface area (Å²) < 4.78 is 0. The smallest absolute Gasteiger partial charge is 0.255 e. The average Bonchev–Trinajstić information content (AvgIpc) is 2.65. The van der Waals surface area contributed by atoms with E-state index in [1.165, 1.54) is 19.3 Å². The first kappa shape index (κ1) is 16.7. The fourth-order valence-electron chi connectivity index (χ4n) is 3.97. The van der Waals surface area contributed by atoms with Gasteiger partial charge in [-0.2, -0.15) is 0 Å². The van der Waals surface area contributed by atoms with E-state index in [0.29, 0.717) is 19.0 Å². The minimum Gasteiger partial charge on any atom is -0.310 e. The summed E-state index contributed by atoms with van der Waals surface area (Å²) >= 11 is 6.23. The maximum Gasteiger partial charge on any atom is 0.255 e. The molecule has 1 saturated carbocycles. The summed E-state index contributed by atoms with van der Waals surface area (Å²) in [6.07, 6.45) is 10.4. The number of pyridine rings is 1. The molecule has 4 rings (SSSR count). The topological polar surface area (TPSA) is 61.9 Å². The summed E-state index contributed by atoms with van der Waals surface area (Å²) in [5, 5.41) is 0.723. The third-order valence-corrected chi connectivity index (χ3v) is 5.76. The number of nitrogens with zero attached hydrogens (tertiary/aromatic N) is 3. The zero-order valence-corrected chi connectivity index (χ0v) is 15.1. The van der Waals surface area contributed by atoms with Crippen LogP contribution in [0.3, 0.4) is 0 Å². The number of H-pyrrole nitrogens is 1. The van der Waals surface area contributed by atoms with Crippen molar-refractivity contribution in [3.63, 3.8) is 0 Å². The molecule has 132 valence electrons. The molecular weight excluding hydrogens is 336 g/mol. The van der Waals surface area contributed by atoms with Crippen LogP contribution in [0.5, 0.6) is 0 Å². The van der Waals surface area contributed by atoms with Crippen LogP contribution < -0.4 is 5.56 Å². The molecule has 0 unspecified atom stereocenters. The van der Waals surface area contributed by atoms with E-state index in [9.17, 15) is 4.79 Å². The summed E-state index contributed by atoms with van der Waals surface area (Å²) in [6.45, 7) is 2.21. The maximum absolute atomic E-state index is 12.6. The largest absolute Gasteiger partial charge is 0.310 e. The zero-order chi connectivity index (χ0) is 17.2. The van der Waals surface area contributed by atoms with E-state index in [1.807, 2.05) is 0 Å². The van der Waals surface area contributed by atoms with Gasteiger partial charge in [0.1, 0.15) is 5.82 Å². The highest BCUT2D eigenvalue weighted by Gasteiger charge is 2.24. The molecule has 0 saturated heterocycles. The number of aromatic nitrogens is 3. The van der Waals surface area contributed by atoms with Crippen LogP contribution in [0.25, 0.3) is 0 Å². The zero-order valence-electron chi connectivity index (χ0n) is 14.3. The Morgan fingerprint density at radius 2 is 2.12 bits per heavy atom. The Balaban J connectivity index is 1.53. The molecule has 1 aliphatic heterocycles. The molecule has 1 N–H and O–H groups in total. The van der Waals surface area contributed by atoms with Crippen LogP contribution in [0, 0.1) is 0 Å². The van der Waals surface area contributed by atoms with Gasteiger partial charge in [-0.15, -0.1) is 0 Å². The first-order valence-corrected chi connectivity index (χ1v) is 9.51. The highest BCUT2D eigenvalue weighted by molar-refractivity contribution is 6.31. The third-order valence-electron chi connectivity index (χ3n) is 5.40. The number of nitrogens with one attached hydrogen (secondary N) is 1. The number of rotatable bonds is 3. The van der Waals surface area contributed by atoms with E-state index in [1.54, 1.807) is 18.5 Å². The standard InChI is InChI=1S/C19H23ClN4O/c20-16-6-8-21-10-14(16)11-24-9-7-17-15(12-24)19(25)23-18(22-17)13-4-2-1-3-5-13/h6,8,10,13H,1-5,7,9,11-12H2,(H,22,23,25). The van der Waals surface area contributed by atoms with E-state index in [0.717, 1.165) is 53.5 Å². The Labute approximate surface area is 152 Å². The van der Waals surface area contributed by atoms with Gasteiger partial charge in [-0.3, -0.25) is 14.7 Å². The predicted octanol–water partition coefficient (Wildman–Crippen LogP) is 3.42. The number of aromatic amines is 1. The Morgan fingerprint density at radius 1 is 1.28 bits per heavy atom. The van der Waals surface area contributed by atoms with Gasteiger partial charge in [0, 0.05) is 55.0 Å². The number of hydrogen-bond acceptors (Lipinski definition) is 4.